The number of hydrogen-bond acceptors (Lipinski definition) is 5. The van der Waals surface area contributed by atoms with Crippen LogP contribution in [0.25, 0.3) is 21.9 Å². The molecule has 1 aromatic heterocycles. The Morgan fingerprint density at radius 1 is 0.927 bits per heavy atom. The number of nitrogens with zero attached hydrogens (tertiary/aromatic N) is 1. The number of fused-ring (bicyclic) bond motifs is 1. The molecule has 41 heavy (non-hydrogen) atoms. The molecule has 3 aromatic carbocycles. The molecular formula is C35H38N2O4. The molecule has 1 aliphatic rings. The zero-order valence-corrected chi connectivity index (χ0v) is 24.3. The van der Waals surface area contributed by atoms with Gasteiger partial charge in [-0.05, 0) is 104 Å². The molecule has 1 heterocycles. The van der Waals surface area contributed by atoms with Crippen LogP contribution < -0.4 is 10.1 Å². The van der Waals surface area contributed by atoms with Gasteiger partial charge < -0.3 is 14.8 Å². The Hall–Kier alpha value is -4.19. The van der Waals surface area contributed by atoms with E-state index in [9.17, 15) is 9.59 Å². The number of aromatic nitrogens is 1. The van der Waals surface area contributed by atoms with Gasteiger partial charge in [0.2, 0.25) is 5.91 Å². The lowest BCUT2D eigenvalue weighted by molar-refractivity contribution is -0.127. The van der Waals surface area contributed by atoms with Gasteiger partial charge in [0.15, 0.2) is 0 Å². The lowest BCUT2D eigenvalue weighted by Gasteiger charge is -2.36. The molecule has 6 heteroatoms. The smallest absolute Gasteiger partial charge is 0.338 e. The average molecular weight is 551 g/mol. The van der Waals surface area contributed by atoms with E-state index in [0.717, 1.165) is 70.9 Å². The quantitative estimate of drug-likeness (QED) is 0.226. The van der Waals surface area contributed by atoms with Crippen molar-refractivity contribution in [3.8, 4) is 16.9 Å². The predicted octanol–water partition coefficient (Wildman–Crippen LogP) is 7.92. The van der Waals surface area contributed by atoms with Crippen LogP contribution in [0, 0.1) is 12.3 Å². The van der Waals surface area contributed by atoms with Crippen LogP contribution in [0.5, 0.6) is 5.75 Å². The van der Waals surface area contributed by atoms with Gasteiger partial charge in [0.1, 0.15) is 11.6 Å². The summed E-state index contributed by atoms with van der Waals surface area (Å²) in [6.07, 6.45) is 7.04. The van der Waals surface area contributed by atoms with Gasteiger partial charge in [0.25, 0.3) is 0 Å². The van der Waals surface area contributed by atoms with Crippen molar-refractivity contribution in [3.63, 3.8) is 0 Å². The number of aryl methyl sites for hydroxylation is 1. The van der Waals surface area contributed by atoms with Crippen molar-refractivity contribution in [2.24, 2.45) is 5.41 Å². The Bertz CT molecular complexity index is 1550. The standard InChI is InChI=1S/C35H38N2O4/c1-23(2)41-33(38)29-12-14-30-28(21-29)16-19-36-32(30)37-34(39)35(17-6-5-7-18-35)22-25-8-10-26(11-9-25)27-13-15-31(40-4)24(3)20-27/h8-16,19-21,23H,5-7,17-18,22H2,1-4H3,(H,36,37,39). The van der Waals surface area contributed by atoms with E-state index in [1.165, 1.54) is 0 Å². The number of nitrogens with one attached hydrogen (secondary N) is 1. The molecule has 6 nitrogen and oxygen atoms in total. The largest absolute Gasteiger partial charge is 0.496 e. The Morgan fingerprint density at radius 2 is 1.66 bits per heavy atom. The van der Waals surface area contributed by atoms with Gasteiger partial charge in [0, 0.05) is 11.6 Å². The maximum atomic E-state index is 14.0. The van der Waals surface area contributed by atoms with Gasteiger partial charge in [-0.2, -0.15) is 0 Å². The number of anilines is 1. The van der Waals surface area contributed by atoms with E-state index in [-0.39, 0.29) is 18.0 Å². The van der Waals surface area contributed by atoms with E-state index in [1.54, 1.807) is 25.4 Å². The first kappa shape index (κ1) is 28.3. The second kappa shape index (κ2) is 12.1. The number of carbonyl (C=O) groups is 2. The van der Waals surface area contributed by atoms with Gasteiger partial charge in [0.05, 0.1) is 24.2 Å². The molecule has 1 saturated carbocycles. The molecule has 5 rings (SSSR count). The minimum Gasteiger partial charge on any atom is -0.496 e. The Balaban J connectivity index is 1.37. The molecule has 0 bridgehead atoms. The van der Waals surface area contributed by atoms with Crippen LogP contribution in [-0.2, 0) is 16.0 Å². The van der Waals surface area contributed by atoms with Crippen LogP contribution >= 0.6 is 0 Å². The second-order valence-electron chi connectivity index (χ2n) is 11.4. The first-order valence-corrected chi connectivity index (χ1v) is 14.4. The number of pyridine rings is 1. The van der Waals surface area contributed by atoms with Crippen LogP contribution in [0.1, 0.15) is 67.4 Å². The fraction of sp³-hybridized carbons (Fsp3) is 0.343. The maximum absolute atomic E-state index is 14.0. The number of methoxy groups -OCH3 is 1. The summed E-state index contributed by atoms with van der Waals surface area (Å²) >= 11 is 0. The second-order valence-corrected chi connectivity index (χ2v) is 11.4. The van der Waals surface area contributed by atoms with Gasteiger partial charge in [-0.25, -0.2) is 9.78 Å². The lowest BCUT2D eigenvalue weighted by Crippen LogP contribution is -2.40. The summed E-state index contributed by atoms with van der Waals surface area (Å²) in [6, 6.07) is 22.0. The van der Waals surface area contributed by atoms with Crippen molar-refractivity contribution < 1.29 is 19.1 Å². The molecule has 1 N–H and O–H groups in total. The number of amides is 1. The molecule has 1 fully saturated rings. The molecule has 0 saturated heterocycles. The first-order chi connectivity index (χ1) is 19.8. The van der Waals surface area contributed by atoms with Crippen LogP contribution in [-0.4, -0.2) is 30.1 Å². The minimum absolute atomic E-state index is 0.00958. The molecule has 1 aliphatic carbocycles. The molecule has 4 aromatic rings. The maximum Gasteiger partial charge on any atom is 0.338 e. The zero-order valence-electron chi connectivity index (χ0n) is 24.3. The highest BCUT2D eigenvalue weighted by atomic mass is 16.5. The fourth-order valence-electron chi connectivity index (χ4n) is 5.90. The van der Waals surface area contributed by atoms with Crippen molar-refractivity contribution in [1.29, 1.82) is 0 Å². The topological polar surface area (TPSA) is 77.5 Å². The van der Waals surface area contributed by atoms with Crippen molar-refractivity contribution in [3.05, 3.63) is 89.6 Å². The summed E-state index contributed by atoms with van der Waals surface area (Å²) in [6.45, 7) is 5.70. The van der Waals surface area contributed by atoms with Gasteiger partial charge in [-0.15, -0.1) is 0 Å². The molecule has 0 radical (unpaired) electrons. The molecule has 0 spiro atoms. The minimum atomic E-state index is -0.499. The third-order valence-corrected chi connectivity index (χ3v) is 8.09. The van der Waals surface area contributed by atoms with Crippen molar-refractivity contribution in [1.82, 2.24) is 4.98 Å². The summed E-state index contributed by atoms with van der Waals surface area (Å²) in [7, 11) is 1.69. The molecule has 0 unspecified atom stereocenters. The number of benzene rings is 3. The molecule has 212 valence electrons. The third-order valence-electron chi connectivity index (χ3n) is 8.09. The molecule has 0 aliphatic heterocycles. The van der Waals surface area contributed by atoms with E-state index >= 15 is 0 Å². The van der Waals surface area contributed by atoms with Crippen LogP contribution in [0.2, 0.25) is 0 Å². The Labute approximate surface area is 242 Å². The number of carbonyl (C=O) groups excluding carboxylic acids is 2. The van der Waals surface area contributed by atoms with Crippen LogP contribution in [0.3, 0.4) is 0 Å². The van der Waals surface area contributed by atoms with E-state index in [0.29, 0.717) is 17.8 Å². The lowest BCUT2D eigenvalue weighted by atomic mass is 9.69. The van der Waals surface area contributed by atoms with E-state index in [4.69, 9.17) is 9.47 Å². The van der Waals surface area contributed by atoms with Crippen LogP contribution in [0.15, 0.2) is 72.9 Å². The summed E-state index contributed by atoms with van der Waals surface area (Å²) < 4.78 is 10.8. The predicted molar refractivity (Wildman–Crippen MR) is 163 cm³/mol. The Morgan fingerprint density at radius 3 is 2.34 bits per heavy atom. The highest BCUT2D eigenvalue weighted by molar-refractivity contribution is 6.04. The monoisotopic (exact) mass is 550 g/mol. The molecule has 1 amide bonds. The van der Waals surface area contributed by atoms with E-state index in [1.807, 2.05) is 39.0 Å². The van der Waals surface area contributed by atoms with Crippen molar-refractivity contribution in [2.75, 3.05) is 12.4 Å². The zero-order chi connectivity index (χ0) is 29.0. The van der Waals surface area contributed by atoms with Gasteiger partial charge >= 0.3 is 5.97 Å². The third kappa shape index (κ3) is 6.27. The number of rotatable bonds is 8. The fourth-order valence-corrected chi connectivity index (χ4v) is 5.90. The van der Waals surface area contributed by atoms with Gasteiger partial charge in [-0.3, -0.25) is 4.79 Å². The average Bonchev–Trinajstić information content (AvgIpc) is 2.97. The normalized spacial score (nSPS) is 14.6. The highest BCUT2D eigenvalue weighted by Gasteiger charge is 2.40. The number of ether oxygens (including phenoxy) is 2. The summed E-state index contributed by atoms with van der Waals surface area (Å²) in [5.41, 5.74) is 4.50. The number of hydrogen-bond donors (Lipinski definition) is 1. The number of esters is 1. The Kier molecular flexibility index (Phi) is 8.39. The molecule has 0 atom stereocenters. The summed E-state index contributed by atoms with van der Waals surface area (Å²) in [5.74, 6) is 1.05. The summed E-state index contributed by atoms with van der Waals surface area (Å²) in [5, 5.41) is 4.80. The van der Waals surface area contributed by atoms with E-state index in [2.05, 4.69) is 46.7 Å². The summed E-state index contributed by atoms with van der Waals surface area (Å²) in [4.78, 5) is 30.9. The van der Waals surface area contributed by atoms with E-state index < -0.39 is 5.41 Å². The first-order valence-electron chi connectivity index (χ1n) is 14.4. The molecular weight excluding hydrogens is 512 g/mol. The highest BCUT2D eigenvalue weighted by Crippen LogP contribution is 2.41. The SMILES string of the molecule is COc1ccc(-c2ccc(CC3(C(=O)Nc4nccc5cc(C(=O)OC(C)C)ccc45)CCCCC3)cc2)cc1C. The van der Waals surface area contributed by atoms with Crippen molar-refractivity contribution in [2.45, 2.75) is 65.4 Å². The van der Waals surface area contributed by atoms with Crippen LogP contribution in [0.4, 0.5) is 5.82 Å². The van der Waals surface area contributed by atoms with Gasteiger partial charge in [-0.1, -0.05) is 49.6 Å². The van der Waals surface area contributed by atoms with Crippen molar-refractivity contribution >= 4 is 28.5 Å².